The highest BCUT2D eigenvalue weighted by atomic mass is 35.5. The van der Waals surface area contributed by atoms with Gasteiger partial charge >= 0.3 is 0 Å². The van der Waals surface area contributed by atoms with Crippen LogP contribution in [0.15, 0.2) is 47.0 Å². The number of hydrogen-bond acceptors (Lipinski definition) is 5. The van der Waals surface area contributed by atoms with Crippen LogP contribution in [0.3, 0.4) is 0 Å². The second kappa shape index (κ2) is 6.89. The first kappa shape index (κ1) is 15.6. The van der Waals surface area contributed by atoms with Gasteiger partial charge in [-0.3, -0.25) is 0 Å². The largest absolute Gasteiger partial charge is 0.493 e. The Kier molecular flexibility index (Phi) is 4.69. The summed E-state index contributed by atoms with van der Waals surface area (Å²) in [7, 11) is 1.58. The number of methoxy groups -OCH3 is 1. The zero-order valence-electron chi connectivity index (χ0n) is 12.1. The van der Waals surface area contributed by atoms with Crippen molar-refractivity contribution in [3.05, 3.63) is 58.4 Å². The Labute approximate surface area is 142 Å². The van der Waals surface area contributed by atoms with Gasteiger partial charge in [0.2, 0.25) is 5.82 Å². The van der Waals surface area contributed by atoms with E-state index in [0.29, 0.717) is 38.8 Å². The Morgan fingerprint density at radius 1 is 1.09 bits per heavy atom. The maximum absolute atomic E-state index is 6.13. The molecule has 0 saturated heterocycles. The summed E-state index contributed by atoms with van der Waals surface area (Å²) >= 11 is 12.0. The molecule has 118 valence electrons. The minimum atomic E-state index is 0.124. The minimum Gasteiger partial charge on any atom is -0.493 e. The van der Waals surface area contributed by atoms with Gasteiger partial charge in [0, 0.05) is 10.6 Å². The molecule has 7 heteroatoms. The second-order valence-corrected chi connectivity index (χ2v) is 5.42. The van der Waals surface area contributed by atoms with Gasteiger partial charge in [0.15, 0.2) is 18.1 Å². The Bertz CT molecular complexity index is 821. The van der Waals surface area contributed by atoms with E-state index in [0.717, 1.165) is 0 Å². The Hall–Kier alpha value is -2.24. The van der Waals surface area contributed by atoms with Crippen LogP contribution in [0.1, 0.15) is 5.89 Å². The highest BCUT2D eigenvalue weighted by Gasteiger charge is 2.13. The van der Waals surface area contributed by atoms with Gasteiger partial charge in [0.05, 0.1) is 12.1 Å². The van der Waals surface area contributed by atoms with Crippen LogP contribution in [0.2, 0.25) is 10.0 Å². The number of rotatable bonds is 5. The fraction of sp³-hybridized carbons (Fsp3) is 0.125. The fourth-order valence-electron chi connectivity index (χ4n) is 1.97. The highest BCUT2D eigenvalue weighted by molar-refractivity contribution is 6.36. The molecule has 0 aliphatic carbocycles. The molecule has 1 aromatic heterocycles. The molecular weight excluding hydrogens is 339 g/mol. The SMILES string of the molecule is COc1ccccc1OCc1nc(-c2ccc(Cl)cc2Cl)no1. The van der Waals surface area contributed by atoms with Crippen LogP contribution in [0.4, 0.5) is 0 Å². The van der Waals surface area contributed by atoms with E-state index < -0.39 is 0 Å². The van der Waals surface area contributed by atoms with Crippen molar-refractivity contribution in [2.24, 2.45) is 0 Å². The Balaban J connectivity index is 1.75. The molecular formula is C16H12Cl2N2O3. The van der Waals surface area contributed by atoms with Crippen LogP contribution in [0, 0.1) is 0 Å². The van der Waals surface area contributed by atoms with Gasteiger partial charge < -0.3 is 14.0 Å². The zero-order valence-corrected chi connectivity index (χ0v) is 13.6. The van der Waals surface area contributed by atoms with Gasteiger partial charge in [-0.15, -0.1) is 0 Å². The molecule has 1 heterocycles. The number of halogens is 2. The quantitative estimate of drug-likeness (QED) is 0.671. The summed E-state index contributed by atoms with van der Waals surface area (Å²) in [6, 6.07) is 12.4. The van der Waals surface area contributed by atoms with Crippen LogP contribution in [-0.4, -0.2) is 17.3 Å². The summed E-state index contributed by atoms with van der Waals surface area (Å²) in [5, 5.41) is 4.90. The van der Waals surface area contributed by atoms with Gasteiger partial charge in [-0.1, -0.05) is 40.5 Å². The van der Waals surface area contributed by atoms with Crippen LogP contribution in [0.5, 0.6) is 11.5 Å². The smallest absolute Gasteiger partial charge is 0.264 e. The molecule has 5 nitrogen and oxygen atoms in total. The number of ether oxygens (including phenoxy) is 2. The summed E-state index contributed by atoms with van der Waals surface area (Å²) in [5.41, 5.74) is 0.642. The molecule has 0 N–H and O–H groups in total. The average molecular weight is 351 g/mol. The van der Waals surface area contributed by atoms with Gasteiger partial charge in [0.25, 0.3) is 5.89 Å². The molecule has 0 radical (unpaired) electrons. The lowest BCUT2D eigenvalue weighted by atomic mass is 10.2. The molecule has 3 aromatic rings. The third-order valence-electron chi connectivity index (χ3n) is 3.06. The molecule has 0 aliphatic heterocycles. The van der Waals surface area contributed by atoms with E-state index in [1.807, 2.05) is 18.2 Å². The first-order valence-electron chi connectivity index (χ1n) is 6.71. The van der Waals surface area contributed by atoms with Gasteiger partial charge in [-0.05, 0) is 30.3 Å². The zero-order chi connectivity index (χ0) is 16.2. The third kappa shape index (κ3) is 3.57. The lowest BCUT2D eigenvalue weighted by molar-refractivity contribution is 0.233. The first-order valence-corrected chi connectivity index (χ1v) is 7.47. The van der Waals surface area contributed by atoms with Gasteiger partial charge in [-0.25, -0.2) is 0 Å². The Morgan fingerprint density at radius 2 is 1.87 bits per heavy atom. The monoisotopic (exact) mass is 350 g/mol. The van der Waals surface area contributed by atoms with Crippen LogP contribution in [0.25, 0.3) is 11.4 Å². The summed E-state index contributed by atoms with van der Waals surface area (Å²) < 4.78 is 16.0. The van der Waals surface area contributed by atoms with Crippen molar-refractivity contribution in [1.82, 2.24) is 10.1 Å². The van der Waals surface area contributed by atoms with Gasteiger partial charge in [-0.2, -0.15) is 4.98 Å². The summed E-state index contributed by atoms with van der Waals surface area (Å²) in [5.74, 6) is 1.94. The number of para-hydroxylation sites is 2. The molecule has 0 saturated carbocycles. The van der Waals surface area contributed by atoms with Crippen molar-refractivity contribution < 1.29 is 14.0 Å². The van der Waals surface area contributed by atoms with Crippen LogP contribution >= 0.6 is 23.2 Å². The summed E-state index contributed by atoms with van der Waals surface area (Å²) in [4.78, 5) is 4.27. The normalized spacial score (nSPS) is 10.6. The second-order valence-electron chi connectivity index (χ2n) is 4.58. The van der Waals surface area contributed by atoms with Gasteiger partial charge in [0.1, 0.15) is 0 Å². The third-order valence-corrected chi connectivity index (χ3v) is 3.61. The van der Waals surface area contributed by atoms with Crippen molar-refractivity contribution >= 4 is 23.2 Å². The standard InChI is InChI=1S/C16H12Cl2N2O3/c1-21-13-4-2-3-5-14(13)22-9-15-19-16(20-23-15)11-7-6-10(17)8-12(11)18/h2-8H,9H2,1H3. The maximum Gasteiger partial charge on any atom is 0.264 e. The first-order chi connectivity index (χ1) is 11.2. The van der Waals surface area contributed by atoms with E-state index in [4.69, 9.17) is 37.2 Å². The van der Waals surface area contributed by atoms with Crippen LogP contribution < -0.4 is 9.47 Å². The van der Waals surface area contributed by atoms with E-state index in [-0.39, 0.29) is 6.61 Å². The Morgan fingerprint density at radius 3 is 2.61 bits per heavy atom. The van der Waals surface area contributed by atoms with Crippen molar-refractivity contribution in [2.45, 2.75) is 6.61 Å². The number of nitrogens with zero attached hydrogens (tertiary/aromatic N) is 2. The van der Waals surface area contributed by atoms with E-state index in [9.17, 15) is 0 Å². The van der Waals surface area contributed by atoms with E-state index in [1.165, 1.54) is 0 Å². The molecule has 3 rings (SSSR count). The van der Waals surface area contributed by atoms with Crippen LogP contribution in [-0.2, 0) is 6.61 Å². The van der Waals surface area contributed by atoms with Crippen molar-refractivity contribution in [2.75, 3.05) is 7.11 Å². The van der Waals surface area contributed by atoms with Crippen molar-refractivity contribution in [3.8, 4) is 22.9 Å². The average Bonchev–Trinajstić information content (AvgIpc) is 3.02. The summed E-state index contributed by atoms with van der Waals surface area (Å²) in [6.45, 7) is 0.124. The number of benzene rings is 2. The fourth-order valence-corrected chi connectivity index (χ4v) is 2.46. The topological polar surface area (TPSA) is 57.4 Å². The van der Waals surface area contributed by atoms with E-state index in [2.05, 4.69) is 10.1 Å². The molecule has 23 heavy (non-hydrogen) atoms. The summed E-state index contributed by atoms with van der Waals surface area (Å²) in [6.07, 6.45) is 0. The molecule has 0 fully saturated rings. The molecule has 0 atom stereocenters. The number of hydrogen-bond donors (Lipinski definition) is 0. The molecule has 0 aliphatic rings. The highest BCUT2D eigenvalue weighted by Crippen LogP contribution is 2.29. The molecule has 2 aromatic carbocycles. The predicted octanol–water partition coefficient (Wildman–Crippen LogP) is 4.63. The lowest BCUT2D eigenvalue weighted by Crippen LogP contribution is -1.97. The lowest BCUT2D eigenvalue weighted by Gasteiger charge is -2.07. The maximum atomic E-state index is 6.13. The van der Waals surface area contributed by atoms with E-state index in [1.54, 1.807) is 31.4 Å². The van der Waals surface area contributed by atoms with Crippen molar-refractivity contribution in [3.63, 3.8) is 0 Å². The number of aromatic nitrogens is 2. The van der Waals surface area contributed by atoms with E-state index >= 15 is 0 Å². The minimum absolute atomic E-state index is 0.124. The van der Waals surface area contributed by atoms with Crippen molar-refractivity contribution in [1.29, 1.82) is 0 Å². The molecule has 0 bridgehead atoms. The predicted molar refractivity (Wildman–Crippen MR) is 87.1 cm³/mol. The molecule has 0 amide bonds. The molecule has 0 unspecified atom stereocenters. The molecule has 0 spiro atoms.